The Morgan fingerprint density at radius 2 is 1.68 bits per heavy atom. The predicted molar refractivity (Wildman–Crippen MR) is 119 cm³/mol. The van der Waals surface area contributed by atoms with Gasteiger partial charge >= 0.3 is 0 Å². The molecule has 1 aromatic carbocycles. The molecule has 0 radical (unpaired) electrons. The molecule has 2 aliphatic rings. The van der Waals surface area contributed by atoms with Crippen LogP contribution >= 0.6 is 0 Å². The van der Waals surface area contributed by atoms with Crippen molar-refractivity contribution in [3.05, 3.63) is 30.1 Å². The van der Waals surface area contributed by atoms with E-state index in [2.05, 4.69) is 25.4 Å². The molecular weight excluding hydrogens is 399 g/mol. The van der Waals surface area contributed by atoms with Gasteiger partial charge in [0, 0.05) is 51.5 Å². The summed E-state index contributed by atoms with van der Waals surface area (Å²) < 4.78 is 13.0. The Kier molecular flexibility index (Phi) is 8.22. The van der Waals surface area contributed by atoms with Gasteiger partial charge in [0.25, 0.3) is 0 Å². The molecule has 0 aromatic heterocycles. The molecule has 0 aliphatic carbocycles. The number of nitrogens with zero attached hydrogens (tertiary/aromatic N) is 4. The number of piperazine rings is 1. The summed E-state index contributed by atoms with van der Waals surface area (Å²) >= 11 is 0. The van der Waals surface area contributed by atoms with Crippen LogP contribution in [0.25, 0.3) is 0 Å². The van der Waals surface area contributed by atoms with Crippen LogP contribution in [0, 0.1) is 5.82 Å². The van der Waals surface area contributed by atoms with Gasteiger partial charge in [-0.3, -0.25) is 14.5 Å². The molecule has 3 rings (SSSR count). The summed E-state index contributed by atoms with van der Waals surface area (Å²) in [4.78, 5) is 35.7. The summed E-state index contributed by atoms with van der Waals surface area (Å²) in [7, 11) is 0. The first-order valence-electron chi connectivity index (χ1n) is 11.1. The smallest absolute Gasteiger partial charge is 0.246 e. The van der Waals surface area contributed by atoms with Crippen LogP contribution in [-0.2, 0) is 9.59 Å². The third kappa shape index (κ3) is 6.40. The van der Waals surface area contributed by atoms with E-state index in [-0.39, 0.29) is 30.2 Å². The van der Waals surface area contributed by atoms with Crippen LogP contribution in [-0.4, -0.2) is 90.9 Å². The molecule has 1 aromatic rings. The standard InChI is InChI=1S/C22H33FN6O2/c1-3-24-22(25-16-20(30)26-19-8-6-18(23)7-9-19)29-14-12-27(13-15-29)17(2)21(31)28-10-4-5-11-28/h6-9,17H,3-5,10-16H2,1-2H3,(H,24,25)(H,26,30). The molecule has 31 heavy (non-hydrogen) atoms. The van der Waals surface area contributed by atoms with Crippen molar-refractivity contribution >= 4 is 23.5 Å². The van der Waals surface area contributed by atoms with Gasteiger partial charge in [0.2, 0.25) is 11.8 Å². The highest BCUT2D eigenvalue weighted by atomic mass is 19.1. The molecule has 2 N–H and O–H groups in total. The van der Waals surface area contributed by atoms with Crippen molar-refractivity contribution in [2.24, 2.45) is 4.99 Å². The number of guanidine groups is 1. The van der Waals surface area contributed by atoms with Crippen molar-refractivity contribution in [3.63, 3.8) is 0 Å². The normalized spacial score (nSPS) is 18.7. The second-order valence-electron chi connectivity index (χ2n) is 7.96. The maximum absolute atomic E-state index is 13.0. The van der Waals surface area contributed by atoms with Gasteiger partial charge in [-0.1, -0.05) is 0 Å². The summed E-state index contributed by atoms with van der Waals surface area (Å²) in [5, 5.41) is 5.96. The highest BCUT2D eigenvalue weighted by molar-refractivity contribution is 5.94. The first-order valence-corrected chi connectivity index (χ1v) is 11.1. The average molecular weight is 433 g/mol. The van der Waals surface area contributed by atoms with Crippen LogP contribution in [0.2, 0.25) is 0 Å². The fraction of sp³-hybridized carbons (Fsp3) is 0.591. The number of likely N-dealkylation sites (tertiary alicyclic amines) is 1. The van der Waals surface area contributed by atoms with Crippen LogP contribution in [0.3, 0.4) is 0 Å². The highest BCUT2D eigenvalue weighted by Gasteiger charge is 2.30. The predicted octanol–water partition coefficient (Wildman–Crippen LogP) is 1.36. The summed E-state index contributed by atoms with van der Waals surface area (Å²) in [6, 6.07) is 5.54. The molecule has 0 spiro atoms. The maximum Gasteiger partial charge on any atom is 0.246 e. The number of rotatable bonds is 6. The zero-order valence-electron chi connectivity index (χ0n) is 18.4. The first-order chi connectivity index (χ1) is 15.0. The lowest BCUT2D eigenvalue weighted by Gasteiger charge is -2.39. The van der Waals surface area contributed by atoms with E-state index in [1.165, 1.54) is 24.3 Å². The minimum absolute atomic E-state index is 0.0240. The fourth-order valence-electron chi connectivity index (χ4n) is 3.99. The van der Waals surface area contributed by atoms with Crippen molar-refractivity contribution < 1.29 is 14.0 Å². The number of amides is 2. The number of benzene rings is 1. The molecule has 8 nitrogen and oxygen atoms in total. The van der Waals surface area contributed by atoms with Gasteiger partial charge in [-0.15, -0.1) is 0 Å². The van der Waals surface area contributed by atoms with E-state index >= 15 is 0 Å². The van der Waals surface area contributed by atoms with E-state index in [9.17, 15) is 14.0 Å². The molecule has 2 aliphatic heterocycles. The Morgan fingerprint density at radius 3 is 2.29 bits per heavy atom. The molecule has 0 bridgehead atoms. The highest BCUT2D eigenvalue weighted by Crippen LogP contribution is 2.14. The number of carbonyl (C=O) groups excluding carboxylic acids is 2. The van der Waals surface area contributed by atoms with Crippen LogP contribution in [0.15, 0.2) is 29.3 Å². The summed E-state index contributed by atoms with van der Waals surface area (Å²) in [5.41, 5.74) is 0.539. The van der Waals surface area contributed by atoms with E-state index in [1.54, 1.807) is 0 Å². The summed E-state index contributed by atoms with van der Waals surface area (Å²) in [6.45, 7) is 9.43. The topological polar surface area (TPSA) is 80.3 Å². The molecule has 1 atom stereocenters. The first kappa shape index (κ1) is 23.0. The van der Waals surface area contributed by atoms with E-state index in [0.717, 1.165) is 52.1 Å². The third-order valence-electron chi connectivity index (χ3n) is 5.77. The van der Waals surface area contributed by atoms with Gasteiger partial charge in [-0.25, -0.2) is 9.38 Å². The van der Waals surface area contributed by atoms with Crippen LogP contribution in [0.1, 0.15) is 26.7 Å². The molecule has 2 heterocycles. The van der Waals surface area contributed by atoms with Gasteiger partial charge in [0.1, 0.15) is 12.4 Å². The van der Waals surface area contributed by atoms with Crippen molar-refractivity contribution in [1.82, 2.24) is 20.0 Å². The lowest BCUT2D eigenvalue weighted by molar-refractivity contribution is -0.135. The van der Waals surface area contributed by atoms with Crippen LogP contribution in [0.4, 0.5) is 10.1 Å². The number of nitrogens with one attached hydrogen (secondary N) is 2. The molecule has 2 amide bonds. The second-order valence-corrected chi connectivity index (χ2v) is 7.96. The van der Waals surface area contributed by atoms with Gasteiger partial charge in [-0.2, -0.15) is 0 Å². The SMILES string of the molecule is CCNC(=NCC(=O)Nc1ccc(F)cc1)N1CCN(C(C)C(=O)N2CCCC2)CC1. The Bertz CT molecular complexity index is 771. The van der Waals surface area contributed by atoms with Gasteiger partial charge in [0.05, 0.1) is 6.04 Å². The lowest BCUT2D eigenvalue weighted by atomic mass is 10.2. The number of anilines is 1. The van der Waals surface area contributed by atoms with Gasteiger partial charge < -0.3 is 20.4 Å². The van der Waals surface area contributed by atoms with E-state index in [1.807, 2.05) is 18.7 Å². The number of hydrogen-bond acceptors (Lipinski definition) is 4. The minimum Gasteiger partial charge on any atom is -0.357 e. The Morgan fingerprint density at radius 1 is 1.03 bits per heavy atom. The number of carbonyl (C=O) groups is 2. The Labute approximate surface area is 183 Å². The molecule has 9 heteroatoms. The molecule has 170 valence electrons. The lowest BCUT2D eigenvalue weighted by Crippen LogP contribution is -2.57. The summed E-state index contributed by atoms with van der Waals surface area (Å²) in [6.07, 6.45) is 2.20. The van der Waals surface area contributed by atoms with Gasteiger partial charge in [0.15, 0.2) is 5.96 Å². The Balaban J connectivity index is 1.51. The second kappa shape index (κ2) is 11.1. The van der Waals surface area contributed by atoms with Crippen molar-refractivity contribution in [2.75, 3.05) is 57.7 Å². The molecule has 0 saturated carbocycles. The number of hydrogen-bond donors (Lipinski definition) is 2. The molecule has 1 unspecified atom stereocenters. The largest absolute Gasteiger partial charge is 0.357 e. The molecule has 2 fully saturated rings. The van der Waals surface area contributed by atoms with Crippen molar-refractivity contribution in [3.8, 4) is 0 Å². The Hall–Kier alpha value is -2.68. The number of aliphatic imine (C=N–C) groups is 1. The molecular formula is C22H33FN6O2. The number of halogens is 1. The average Bonchev–Trinajstić information content (AvgIpc) is 3.32. The van der Waals surface area contributed by atoms with Crippen molar-refractivity contribution in [1.29, 1.82) is 0 Å². The quantitative estimate of drug-likeness (QED) is 0.524. The summed E-state index contributed by atoms with van der Waals surface area (Å²) in [5.74, 6) is 0.311. The van der Waals surface area contributed by atoms with E-state index < -0.39 is 0 Å². The van der Waals surface area contributed by atoms with Crippen molar-refractivity contribution in [2.45, 2.75) is 32.7 Å². The van der Waals surface area contributed by atoms with E-state index in [4.69, 9.17) is 0 Å². The zero-order valence-corrected chi connectivity index (χ0v) is 18.4. The molecule has 2 saturated heterocycles. The monoisotopic (exact) mass is 432 g/mol. The minimum atomic E-state index is -0.346. The van der Waals surface area contributed by atoms with E-state index in [0.29, 0.717) is 18.2 Å². The van der Waals surface area contributed by atoms with Crippen LogP contribution in [0.5, 0.6) is 0 Å². The van der Waals surface area contributed by atoms with Crippen LogP contribution < -0.4 is 10.6 Å². The fourth-order valence-corrected chi connectivity index (χ4v) is 3.99. The van der Waals surface area contributed by atoms with Gasteiger partial charge in [-0.05, 0) is 51.0 Å². The zero-order chi connectivity index (χ0) is 22.2. The maximum atomic E-state index is 13.0. The third-order valence-corrected chi connectivity index (χ3v) is 5.77.